The Labute approximate surface area is 385 Å². The predicted molar refractivity (Wildman–Crippen MR) is 242 cm³/mol. The molecule has 358 valence electrons. The third-order valence-electron chi connectivity index (χ3n) is 11.7. The molecule has 0 aliphatic carbocycles. The first-order chi connectivity index (χ1) is 31.9. The van der Waals surface area contributed by atoms with Gasteiger partial charge in [-0.05, 0) is 48.1 Å². The number of methoxy groups -OCH3 is 1. The molecule has 6 amide bonds. The second-order valence-corrected chi connectivity index (χ2v) is 16.6. The van der Waals surface area contributed by atoms with Crippen molar-refractivity contribution < 1.29 is 47.0 Å². The first kappa shape index (κ1) is 51.2. The van der Waals surface area contributed by atoms with Crippen molar-refractivity contribution in [2.24, 2.45) is 11.7 Å². The lowest BCUT2D eigenvalue weighted by atomic mass is 9.90. The van der Waals surface area contributed by atoms with Gasteiger partial charge in [-0.2, -0.15) is 0 Å². The molecule has 5 rings (SSSR count). The summed E-state index contributed by atoms with van der Waals surface area (Å²) in [5.74, 6) is -5.11. The largest absolute Gasteiger partial charge is 0.383 e. The number of nitrogens with one attached hydrogen (secondary N) is 2. The molecule has 2 saturated heterocycles. The quantitative estimate of drug-likeness (QED) is 0.0956. The molecule has 0 saturated carbocycles. The van der Waals surface area contributed by atoms with Gasteiger partial charge in [0, 0.05) is 90.9 Å². The van der Waals surface area contributed by atoms with Crippen LogP contribution in [0.1, 0.15) is 48.3 Å². The minimum Gasteiger partial charge on any atom is -0.383 e. The first-order valence-electron chi connectivity index (χ1n) is 22.6. The Balaban J connectivity index is 1.42. The van der Waals surface area contributed by atoms with Gasteiger partial charge in [0.05, 0.1) is 39.4 Å². The molecule has 0 radical (unpaired) electrons. The molecule has 4 N–H and O–H groups in total. The van der Waals surface area contributed by atoms with E-state index < -0.39 is 54.9 Å². The zero-order chi connectivity index (χ0) is 47.3. The van der Waals surface area contributed by atoms with Gasteiger partial charge in [-0.15, -0.1) is 0 Å². The molecule has 2 fully saturated rings. The number of nitrogens with zero attached hydrogens (tertiary/aromatic N) is 5. The molecule has 3 aromatic carbocycles. The maximum Gasteiger partial charge on any atom is 0.242 e. The molecule has 1 atom stereocenters. The van der Waals surface area contributed by atoms with Gasteiger partial charge < -0.3 is 50.3 Å². The summed E-state index contributed by atoms with van der Waals surface area (Å²) in [7, 11) is 1.45. The van der Waals surface area contributed by atoms with E-state index in [9.17, 15) is 37.5 Å². The zero-order valence-corrected chi connectivity index (χ0v) is 37.8. The third kappa shape index (κ3) is 16.3. The van der Waals surface area contributed by atoms with E-state index in [0.717, 1.165) is 34.6 Å². The van der Waals surface area contributed by atoms with Crippen molar-refractivity contribution in [3.8, 4) is 0 Å². The SMILES string of the molecule is COCCN(CC(=O)NCC1CCOC1)C(=O)CN(Cc1ccc(F)c(F)c1)C(=O)CN(CCCN1CCCC1=O)C(=O)CN(CC(c1ccccc1)c1ccccc1)C(=O)CNCCN. The second kappa shape index (κ2) is 27.0. The van der Waals surface area contributed by atoms with Crippen LogP contribution in [0, 0.1) is 17.6 Å². The highest BCUT2D eigenvalue weighted by molar-refractivity contribution is 5.91. The fourth-order valence-corrected chi connectivity index (χ4v) is 7.95. The number of likely N-dealkylation sites (tertiary alicyclic amines) is 1. The van der Waals surface area contributed by atoms with Crippen LogP contribution in [0.2, 0.25) is 0 Å². The van der Waals surface area contributed by atoms with Crippen molar-refractivity contribution in [2.45, 2.75) is 38.1 Å². The highest BCUT2D eigenvalue weighted by Gasteiger charge is 2.30. The van der Waals surface area contributed by atoms with Gasteiger partial charge in [0.1, 0.15) is 6.54 Å². The van der Waals surface area contributed by atoms with Crippen molar-refractivity contribution in [3.63, 3.8) is 0 Å². The molecule has 1 unspecified atom stereocenters. The lowest BCUT2D eigenvalue weighted by Crippen LogP contribution is -2.52. The molecule has 2 aliphatic rings. The van der Waals surface area contributed by atoms with Crippen LogP contribution >= 0.6 is 0 Å². The highest BCUT2D eigenvalue weighted by atomic mass is 19.2. The van der Waals surface area contributed by atoms with Gasteiger partial charge in [0.2, 0.25) is 35.4 Å². The van der Waals surface area contributed by atoms with Crippen LogP contribution in [0.3, 0.4) is 0 Å². The van der Waals surface area contributed by atoms with Crippen LogP contribution in [0.15, 0.2) is 78.9 Å². The Bertz CT molecular complexity index is 2010. The molecule has 0 aromatic heterocycles. The predicted octanol–water partition coefficient (Wildman–Crippen LogP) is 1.97. The lowest BCUT2D eigenvalue weighted by Gasteiger charge is -2.32. The molecule has 0 spiro atoms. The van der Waals surface area contributed by atoms with Crippen molar-refractivity contribution in [1.82, 2.24) is 35.1 Å². The van der Waals surface area contributed by atoms with Gasteiger partial charge in [0.15, 0.2) is 11.6 Å². The summed E-state index contributed by atoms with van der Waals surface area (Å²) in [6.45, 7) is 0.939. The number of hydrogen-bond acceptors (Lipinski definition) is 10. The zero-order valence-electron chi connectivity index (χ0n) is 37.8. The Morgan fingerprint density at radius 1 is 0.833 bits per heavy atom. The molecule has 16 nitrogen and oxygen atoms in total. The van der Waals surface area contributed by atoms with Gasteiger partial charge in [-0.1, -0.05) is 66.7 Å². The summed E-state index contributed by atoms with van der Waals surface area (Å²) in [6.07, 6.45) is 2.24. The maximum atomic E-state index is 14.7. The molecule has 2 aliphatic heterocycles. The minimum atomic E-state index is -1.15. The summed E-state index contributed by atoms with van der Waals surface area (Å²) in [5.41, 5.74) is 7.72. The summed E-state index contributed by atoms with van der Waals surface area (Å²) >= 11 is 0. The van der Waals surface area contributed by atoms with Crippen LogP contribution in [-0.2, 0) is 44.8 Å². The Morgan fingerprint density at radius 3 is 2.09 bits per heavy atom. The molecule has 18 heteroatoms. The number of carbonyl (C=O) groups excluding carboxylic acids is 6. The first-order valence-corrected chi connectivity index (χ1v) is 22.6. The minimum absolute atomic E-state index is 0.00551. The Kier molecular flexibility index (Phi) is 20.9. The molecule has 66 heavy (non-hydrogen) atoms. The average Bonchev–Trinajstić information content (AvgIpc) is 4.01. The van der Waals surface area contributed by atoms with E-state index >= 15 is 0 Å². The fourth-order valence-electron chi connectivity index (χ4n) is 7.95. The monoisotopic (exact) mass is 918 g/mol. The van der Waals surface area contributed by atoms with Crippen molar-refractivity contribution in [1.29, 1.82) is 0 Å². The number of carbonyl (C=O) groups is 6. The molecule has 3 aromatic rings. The van der Waals surface area contributed by atoms with E-state index in [4.69, 9.17) is 15.2 Å². The number of halogens is 2. The maximum absolute atomic E-state index is 14.7. The Morgan fingerprint density at radius 2 is 1.48 bits per heavy atom. The van der Waals surface area contributed by atoms with Crippen molar-refractivity contribution in [3.05, 3.63) is 107 Å². The van der Waals surface area contributed by atoms with E-state index in [1.54, 1.807) is 4.90 Å². The lowest BCUT2D eigenvalue weighted by molar-refractivity contribution is -0.147. The summed E-state index contributed by atoms with van der Waals surface area (Å²) in [5, 5.41) is 5.87. The average molecular weight is 919 g/mol. The van der Waals surface area contributed by atoms with E-state index in [0.29, 0.717) is 58.7 Å². The number of hydrogen-bond donors (Lipinski definition) is 3. The smallest absolute Gasteiger partial charge is 0.242 e. The summed E-state index contributed by atoms with van der Waals surface area (Å²) in [4.78, 5) is 89.8. The number of rotatable bonds is 27. The van der Waals surface area contributed by atoms with E-state index in [-0.39, 0.29) is 81.6 Å². The second-order valence-electron chi connectivity index (χ2n) is 16.6. The van der Waals surface area contributed by atoms with Gasteiger partial charge in [0.25, 0.3) is 0 Å². The van der Waals surface area contributed by atoms with Crippen molar-refractivity contribution in [2.75, 3.05) is 112 Å². The van der Waals surface area contributed by atoms with E-state index in [1.807, 2.05) is 60.7 Å². The van der Waals surface area contributed by atoms with Gasteiger partial charge in [-0.25, -0.2) is 8.78 Å². The van der Waals surface area contributed by atoms with Crippen LogP contribution in [-0.4, -0.2) is 172 Å². The molecular formula is C48H64F2N8O8. The van der Waals surface area contributed by atoms with Crippen LogP contribution < -0.4 is 16.4 Å². The van der Waals surface area contributed by atoms with E-state index in [2.05, 4.69) is 10.6 Å². The number of benzene rings is 3. The summed E-state index contributed by atoms with van der Waals surface area (Å²) < 4.78 is 39.2. The molecule has 0 bridgehead atoms. The third-order valence-corrected chi connectivity index (χ3v) is 11.7. The van der Waals surface area contributed by atoms with Crippen molar-refractivity contribution >= 4 is 35.4 Å². The number of ether oxygens (including phenoxy) is 2. The Hall–Kier alpha value is -5.82. The van der Waals surface area contributed by atoms with E-state index in [1.165, 1.54) is 27.9 Å². The normalized spacial score (nSPS) is 14.7. The van der Waals surface area contributed by atoms with Crippen LogP contribution in [0.4, 0.5) is 8.78 Å². The summed E-state index contributed by atoms with van der Waals surface area (Å²) in [6, 6.07) is 22.4. The highest BCUT2D eigenvalue weighted by Crippen LogP contribution is 2.26. The van der Waals surface area contributed by atoms with Crippen LogP contribution in [0.5, 0.6) is 0 Å². The molecule has 2 heterocycles. The van der Waals surface area contributed by atoms with Gasteiger partial charge >= 0.3 is 0 Å². The molecular weight excluding hydrogens is 855 g/mol. The number of nitrogens with two attached hydrogens (primary N) is 1. The number of amides is 6. The van der Waals surface area contributed by atoms with Crippen LogP contribution in [0.25, 0.3) is 0 Å². The fraction of sp³-hybridized carbons (Fsp3) is 0.500. The topological polar surface area (TPSA) is 187 Å². The standard InChI is InChI=1S/C48H64F2N8O8/c1-65-25-23-56(31-43(59)53-27-37-17-24-66-35-37)47(63)33-57(29-36-15-16-41(49)42(50)26-36)48(64)32-55(22-9-21-54-20-8-14-44(54)60)46(62)34-58(45(61)28-52-19-18-51)30-40(38-10-4-2-5-11-38)39-12-6-3-7-13-39/h2-7,10-13,15-16,26,37,40,52H,8-9,14,17-25,27-35,51H2,1H3,(H,53,59). The van der Waals surface area contributed by atoms with Gasteiger partial charge in [-0.3, -0.25) is 28.8 Å².